The lowest BCUT2D eigenvalue weighted by Crippen LogP contribution is -2.45. The van der Waals surface area contributed by atoms with Crippen LogP contribution in [-0.4, -0.2) is 36.3 Å². The fourth-order valence-corrected chi connectivity index (χ4v) is 5.86. The number of hydrogen-bond acceptors (Lipinski definition) is 7. The Morgan fingerprint density at radius 1 is 1.03 bits per heavy atom. The maximum atomic E-state index is 15.3. The second-order valence-corrected chi connectivity index (χ2v) is 11.4. The Bertz CT molecular complexity index is 1590. The van der Waals surface area contributed by atoms with E-state index in [4.69, 9.17) is 33.5 Å². The van der Waals surface area contributed by atoms with Crippen molar-refractivity contribution < 1.29 is 22.1 Å². The third kappa shape index (κ3) is 5.24. The number of rotatable bonds is 5. The summed E-state index contributed by atoms with van der Waals surface area (Å²) in [7, 11) is -4.08. The van der Waals surface area contributed by atoms with Gasteiger partial charge in [0.2, 0.25) is 5.91 Å². The molecule has 0 fully saturated rings. The van der Waals surface area contributed by atoms with Crippen LogP contribution in [0.1, 0.15) is 17.0 Å². The van der Waals surface area contributed by atoms with Crippen molar-refractivity contribution in [2.24, 2.45) is 5.73 Å². The Balaban J connectivity index is 1.57. The Morgan fingerprint density at radius 3 is 2.30 bits per heavy atom. The van der Waals surface area contributed by atoms with Gasteiger partial charge >= 0.3 is 0 Å². The zero-order valence-corrected chi connectivity index (χ0v) is 21.4. The molecule has 0 saturated carbocycles. The topological polar surface area (TPSA) is 119 Å². The smallest absolute Gasteiger partial charge is 0.260 e. The number of anilines is 1. The van der Waals surface area contributed by atoms with Crippen molar-refractivity contribution in [1.82, 2.24) is 10.1 Å². The van der Waals surface area contributed by atoms with E-state index < -0.39 is 33.4 Å². The number of halogens is 3. The molecule has 37 heavy (non-hydrogen) atoms. The number of carbonyl (C=O) groups excluding carboxylic acids is 1. The zero-order valence-electron chi connectivity index (χ0n) is 19.1. The summed E-state index contributed by atoms with van der Waals surface area (Å²) >= 11 is 11.9. The molecule has 1 aromatic heterocycles. The first-order valence-corrected chi connectivity index (χ1v) is 13.5. The predicted molar refractivity (Wildman–Crippen MR) is 137 cm³/mol. The van der Waals surface area contributed by atoms with Crippen LogP contribution in [0.25, 0.3) is 11.5 Å². The van der Waals surface area contributed by atoms with Crippen molar-refractivity contribution in [2.75, 3.05) is 10.7 Å². The second kappa shape index (κ2) is 9.86. The molecule has 1 amide bonds. The number of nitrogens with two attached hydrogens (primary N) is 1. The number of carbonyl (C=O) groups is 1. The Labute approximate surface area is 221 Å². The molecule has 3 aromatic carbocycles. The second-order valence-electron chi connectivity index (χ2n) is 8.56. The van der Waals surface area contributed by atoms with Crippen LogP contribution in [0.3, 0.4) is 0 Å². The van der Waals surface area contributed by atoms with E-state index in [9.17, 15) is 13.2 Å². The molecular formula is C25H19Cl2FN4O4S. The lowest BCUT2D eigenvalue weighted by atomic mass is 10.1. The summed E-state index contributed by atoms with van der Waals surface area (Å²) in [5.74, 6) is -2.03. The van der Waals surface area contributed by atoms with Crippen molar-refractivity contribution >= 4 is 44.6 Å². The number of nitrogens with zero attached hydrogens (tertiary/aromatic N) is 3. The minimum absolute atomic E-state index is 0.0110. The molecule has 5 rings (SSSR count). The largest absolute Gasteiger partial charge is 0.334 e. The van der Waals surface area contributed by atoms with Gasteiger partial charge in [0.05, 0.1) is 34.5 Å². The van der Waals surface area contributed by atoms with Crippen molar-refractivity contribution in [3.8, 4) is 11.5 Å². The van der Waals surface area contributed by atoms with E-state index in [0.717, 1.165) is 11.6 Å². The van der Waals surface area contributed by atoms with Gasteiger partial charge in [-0.1, -0.05) is 52.6 Å². The van der Waals surface area contributed by atoms with Crippen LogP contribution in [0.2, 0.25) is 10.0 Å². The number of hydrogen-bond donors (Lipinski definition) is 1. The molecule has 1 aliphatic rings. The Hall–Kier alpha value is -3.31. The number of fused-ring (bicyclic) bond motifs is 1. The van der Waals surface area contributed by atoms with Crippen LogP contribution in [0.5, 0.6) is 0 Å². The molecule has 0 saturated heterocycles. The van der Waals surface area contributed by atoms with Crippen LogP contribution < -0.4 is 10.6 Å². The molecular weight excluding hydrogens is 542 g/mol. The van der Waals surface area contributed by atoms with Gasteiger partial charge in [0.25, 0.3) is 5.89 Å². The van der Waals surface area contributed by atoms with Crippen molar-refractivity contribution in [1.29, 1.82) is 0 Å². The van der Waals surface area contributed by atoms with Crippen molar-refractivity contribution in [2.45, 2.75) is 23.9 Å². The van der Waals surface area contributed by atoms with Gasteiger partial charge in [-0.25, -0.2) is 12.8 Å². The highest BCUT2D eigenvalue weighted by Gasteiger charge is 2.37. The summed E-state index contributed by atoms with van der Waals surface area (Å²) < 4.78 is 46.6. The average Bonchev–Trinajstić information content (AvgIpc) is 3.30. The summed E-state index contributed by atoms with van der Waals surface area (Å²) in [6, 6.07) is 14.5. The molecule has 0 spiro atoms. The van der Waals surface area contributed by atoms with E-state index in [-0.39, 0.29) is 34.4 Å². The van der Waals surface area contributed by atoms with Gasteiger partial charge in [-0.2, -0.15) is 4.98 Å². The SMILES string of the molecule is N[C@H]1CS(=O)(=O)c2cc(F)c(-c3nc(Cc4ccc(Cl)cc4)no3)cc2N(Cc2ccc(Cl)cc2)C1=O. The average molecular weight is 561 g/mol. The third-order valence-electron chi connectivity index (χ3n) is 5.88. The van der Waals surface area contributed by atoms with Crippen molar-refractivity contribution in [3.63, 3.8) is 0 Å². The highest BCUT2D eigenvalue weighted by atomic mass is 35.5. The fraction of sp³-hybridized carbons (Fsp3) is 0.160. The van der Waals surface area contributed by atoms with E-state index in [1.807, 2.05) is 0 Å². The fourth-order valence-electron chi connectivity index (χ4n) is 4.04. The first-order valence-electron chi connectivity index (χ1n) is 11.1. The van der Waals surface area contributed by atoms with E-state index in [0.29, 0.717) is 22.0 Å². The minimum Gasteiger partial charge on any atom is -0.334 e. The minimum atomic E-state index is -4.08. The monoisotopic (exact) mass is 560 g/mol. The van der Waals surface area contributed by atoms with Crippen LogP contribution in [0.15, 0.2) is 70.1 Å². The molecule has 4 aromatic rings. The van der Waals surface area contributed by atoms with Gasteiger partial charge in [0, 0.05) is 16.5 Å². The maximum absolute atomic E-state index is 15.3. The van der Waals surface area contributed by atoms with Crippen LogP contribution in [0.4, 0.5) is 10.1 Å². The van der Waals surface area contributed by atoms with Gasteiger partial charge in [-0.05, 0) is 47.5 Å². The predicted octanol–water partition coefficient (Wildman–Crippen LogP) is 4.42. The third-order valence-corrected chi connectivity index (χ3v) is 8.18. The van der Waals surface area contributed by atoms with Gasteiger partial charge in [-0.15, -0.1) is 0 Å². The molecule has 0 bridgehead atoms. The lowest BCUT2D eigenvalue weighted by molar-refractivity contribution is -0.119. The molecule has 1 atom stereocenters. The van der Waals surface area contributed by atoms with Gasteiger partial charge in [-0.3, -0.25) is 4.79 Å². The molecule has 0 aliphatic carbocycles. The Kier molecular flexibility index (Phi) is 6.76. The van der Waals surface area contributed by atoms with E-state index in [1.165, 1.54) is 11.0 Å². The zero-order chi connectivity index (χ0) is 26.3. The van der Waals surface area contributed by atoms with Gasteiger partial charge < -0.3 is 15.2 Å². The number of aromatic nitrogens is 2. The molecule has 2 heterocycles. The molecule has 8 nitrogen and oxygen atoms in total. The van der Waals surface area contributed by atoms with Crippen LogP contribution >= 0.6 is 23.2 Å². The number of sulfone groups is 1. The number of benzene rings is 3. The molecule has 2 N–H and O–H groups in total. The van der Waals surface area contributed by atoms with Gasteiger partial charge in [0.1, 0.15) is 5.82 Å². The van der Waals surface area contributed by atoms with Crippen molar-refractivity contribution in [3.05, 3.63) is 93.5 Å². The first-order chi connectivity index (χ1) is 17.6. The first kappa shape index (κ1) is 25.3. The molecule has 1 aliphatic heterocycles. The molecule has 12 heteroatoms. The Morgan fingerprint density at radius 2 is 1.65 bits per heavy atom. The maximum Gasteiger partial charge on any atom is 0.260 e. The highest BCUT2D eigenvalue weighted by molar-refractivity contribution is 7.91. The van der Waals surface area contributed by atoms with E-state index >= 15 is 4.39 Å². The standard InChI is InChI=1S/C25H19Cl2FN4O4S/c26-16-5-1-14(2-6-16)9-23-30-24(36-31-23)18-10-21-22(11-19(18)28)37(34,35)13-20(29)25(33)32(21)12-15-3-7-17(27)8-4-15/h1-8,10-11,20H,9,12-13,29H2/t20-/m0/s1. The lowest BCUT2D eigenvalue weighted by Gasteiger charge is -2.24. The molecule has 0 radical (unpaired) electrons. The van der Waals surface area contributed by atoms with Crippen LogP contribution in [0, 0.1) is 5.82 Å². The quantitative estimate of drug-likeness (QED) is 0.383. The molecule has 0 unspecified atom stereocenters. The highest BCUT2D eigenvalue weighted by Crippen LogP contribution is 2.37. The van der Waals surface area contributed by atoms with E-state index in [2.05, 4.69) is 10.1 Å². The van der Waals surface area contributed by atoms with E-state index in [1.54, 1.807) is 48.5 Å². The summed E-state index contributed by atoms with van der Waals surface area (Å²) in [6.07, 6.45) is 0.303. The summed E-state index contributed by atoms with van der Waals surface area (Å²) in [5.41, 5.74) is 7.30. The number of amides is 1. The van der Waals surface area contributed by atoms with Crippen LogP contribution in [-0.2, 0) is 27.6 Å². The molecule has 190 valence electrons. The summed E-state index contributed by atoms with van der Waals surface area (Å²) in [6.45, 7) is -0.0110. The summed E-state index contributed by atoms with van der Waals surface area (Å²) in [5, 5.41) is 5.00. The van der Waals surface area contributed by atoms with Gasteiger partial charge in [0.15, 0.2) is 15.7 Å². The summed E-state index contributed by atoms with van der Waals surface area (Å²) in [4.78, 5) is 18.3. The normalized spacial score (nSPS) is 16.9.